The third-order valence-corrected chi connectivity index (χ3v) is 4.47. The topological polar surface area (TPSA) is 45.5 Å². The van der Waals surface area contributed by atoms with Gasteiger partial charge in [0.15, 0.2) is 5.96 Å². The Morgan fingerprint density at radius 3 is 2.70 bits per heavy atom. The summed E-state index contributed by atoms with van der Waals surface area (Å²) in [6.07, 6.45) is 0. The summed E-state index contributed by atoms with van der Waals surface area (Å²) >= 11 is 1.73. The number of aromatic nitrogens is 2. The lowest BCUT2D eigenvalue weighted by atomic mass is 10.2. The molecule has 23 heavy (non-hydrogen) atoms. The number of aliphatic imine (C=N–C) groups is 1. The van der Waals surface area contributed by atoms with Gasteiger partial charge in [0.2, 0.25) is 0 Å². The predicted octanol–water partition coefficient (Wildman–Crippen LogP) is 3.31. The normalized spacial score (nSPS) is 11.3. The van der Waals surface area contributed by atoms with Gasteiger partial charge in [-0.05, 0) is 43.2 Å². The number of guanidine groups is 1. The monoisotopic (exact) mass is 447 g/mol. The number of thiophene rings is 1. The molecule has 0 aliphatic carbocycles. The van der Waals surface area contributed by atoms with Gasteiger partial charge < -0.3 is 10.2 Å². The summed E-state index contributed by atoms with van der Waals surface area (Å²) in [5.41, 5.74) is 4.76. The Kier molecular flexibility index (Phi) is 8.04. The number of hydrogen-bond donors (Lipinski definition) is 1. The smallest absolute Gasteiger partial charge is 0.194 e. The van der Waals surface area contributed by atoms with E-state index in [1.54, 1.807) is 11.3 Å². The molecule has 0 unspecified atom stereocenters. The number of halogens is 1. The molecule has 1 N–H and O–H groups in total. The second-order valence-electron chi connectivity index (χ2n) is 5.43. The van der Waals surface area contributed by atoms with Crippen molar-refractivity contribution in [2.24, 2.45) is 12.0 Å². The van der Waals surface area contributed by atoms with Crippen LogP contribution in [0.5, 0.6) is 0 Å². The molecule has 5 nitrogen and oxygen atoms in total. The molecule has 0 fully saturated rings. The van der Waals surface area contributed by atoms with Crippen molar-refractivity contribution >= 4 is 41.3 Å². The molecule has 7 heteroatoms. The van der Waals surface area contributed by atoms with Crippen molar-refractivity contribution in [1.82, 2.24) is 20.0 Å². The Hall–Kier alpha value is -1.09. The van der Waals surface area contributed by atoms with Crippen LogP contribution in [-0.2, 0) is 20.1 Å². The van der Waals surface area contributed by atoms with Gasteiger partial charge in [0.05, 0.1) is 12.2 Å². The average molecular weight is 447 g/mol. The summed E-state index contributed by atoms with van der Waals surface area (Å²) < 4.78 is 1.92. The summed E-state index contributed by atoms with van der Waals surface area (Å²) in [5, 5.41) is 12.1. The number of nitrogens with one attached hydrogen (secondary N) is 1. The van der Waals surface area contributed by atoms with E-state index in [1.807, 2.05) is 18.7 Å². The summed E-state index contributed by atoms with van der Waals surface area (Å²) in [7, 11) is 4.05. The Morgan fingerprint density at radius 1 is 1.43 bits per heavy atom. The Labute approximate surface area is 159 Å². The maximum Gasteiger partial charge on any atom is 0.194 e. The van der Waals surface area contributed by atoms with Gasteiger partial charge in [0, 0.05) is 38.4 Å². The lowest BCUT2D eigenvalue weighted by Crippen LogP contribution is -2.38. The van der Waals surface area contributed by atoms with Crippen LogP contribution in [0.15, 0.2) is 21.8 Å². The average Bonchev–Trinajstić information content (AvgIpc) is 3.06. The second kappa shape index (κ2) is 9.27. The van der Waals surface area contributed by atoms with Gasteiger partial charge >= 0.3 is 0 Å². The zero-order chi connectivity index (χ0) is 16.1. The maximum absolute atomic E-state index is 4.78. The molecule has 0 saturated heterocycles. The van der Waals surface area contributed by atoms with Crippen molar-refractivity contribution in [3.05, 3.63) is 39.3 Å². The molecule has 0 spiro atoms. The Bertz CT molecular complexity index is 633. The number of hydrogen-bond acceptors (Lipinski definition) is 3. The lowest BCUT2D eigenvalue weighted by Gasteiger charge is -2.21. The fraction of sp³-hybridized carbons (Fsp3) is 0.500. The number of aryl methyl sites for hydroxylation is 2. The molecule has 0 aromatic carbocycles. The van der Waals surface area contributed by atoms with Crippen molar-refractivity contribution in [2.75, 3.05) is 13.6 Å². The fourth-order valence-corrected chi connectivity index (χ4v) is 3.06. The zero-order valence-electron chi connectivity index (χ0n) is 14.5. The third kappa shape index (κ3) is 5.20. The molecule has 0 aliphatic rings. The van der Waals surface area contributed by atoms with Crippen molar-refractivity contribution in [3.63, 3.8) is 0 Å². The van der Waals surface area contributed by atoms with Crippen molar-refractivity contribution < 1.29 is 0 Å². The van der Waals surface area contributed by atoms with E-state index in [0.29, 0.717) is 6.54 Å². The molecule has 0 amide bonds. The molecular formula is C16H26IN5S. The maximum atomic E-state index is 4.78. The Morgan fingerprint density at radius 2 is 2.17 bits per heavy atom. The second-order valence-corrected chi connectivity index (χ2v) is 6.21. The van der Waals surface area contributed by atoms with Crippen LogP contribution in [0.2, 0.25) is 0 Å². The minimum Gasteiger partial charge on any atom is -0.357 e. The van der Waals surface area contributed by atoms with Crippen LogP contribution in [0.1, 0.15) is 29.4 Å². The molecular weight excluding hydrogens is 421 g/mol. The summed E-state index contributed by atoms with van der Waals surface area (Å²) in [4.78, 5) is 6.94. The van der Waals surface area contributed by atoms with E-state index in [9.17, 15) is 0 Å². The van der Waals surface area contributed by atoms with Gasteiger partial charge in [0.1, 0.15) is 0 Å². The molecule has 0 saturated carbocycles. The first-order chi connectivity index (χ1) is 10.5. The molecule has 0 aliphatic heterocycles. The quantitative estimate of drug-likeness (QED) is 0.435. The van der Waals surface area contributed by atoms with Crippen LogP contribution in [0.3, 0.4) is 0 Å². The first-order valence-electron chi connectivity index (χ1n) is 7.52. The van der Waals surface area contributed by atoms with Gasteiger partial charge in [0.25, 0.3) is 0 Å². The van der Waals surface area contributed by atoms with Crippen molar-refractivity contribution in [1.29, 1.82) is 0 Å². The van der Waals surface area contributed by atoms with E-state index in [1.165, 1.54) is 16.8 Å². The van der Waals surface area contributed by atoms with Gasteiger partial charge in [-0.1, -0.05) is 0 Å². The summed E-state index contributed by atoms with van der Waals surface area (Å²) in [6.45, 7) is 8.60. The van der Waals surface area contributed by atoms with Crippen LogP contribution in [0, 0.1) is 13.8 Å². The molecule has 2 rings (SSSR count). The minimum absolute atomic E-state index is 0. The third-order valence-electron chi connectivity index (χ3n) is 3.74. The SMILES string of the molecule is CCNC(=NCc1c(C)nn(C)c1C)N(C)Cc1ccsc1.I. The molecule has 128 valence electrons. The first-order valence-corrected chi connectivity index (χ1v) is 8.46. The predicted molar refractivity (Wildman–Crippen MR) is 109 cm³/mol. The van der Waals surface area contributed by atoms with Crippen LogP contribution >= 0.6 is 35.3 Å². The van der Waals surface area contributed by atoms with E-state index >= 15 is 0 Å². The van der Waals surface area contributed by atoms with Crippen LogP contribution in [-0.4, -0.2) is 34.2 Å². The molecule has 2 aromatic heterocycles. The highest BCUT2D eigenvalue weighted by molar-refractivity contribution is 14.0. The zero-order valence-corrected chi connectivity index (χ0v) is 17.6. The lowest BCUT2D eigenvalue weighted by molar-refractivity contribution is 0.477. The highest BCUT2D eigenvalue weighted by Crippen LogP contribution is 2.13. The van der Waals surface area contributed by atoms with Crippen LogP contribution in [0.4, 0.5) is 0 Å². The van der Waals surface area contributed by atoms with E-state index < -0.39 is 0 Å². The van der Waals surface area contributed by atoms with Gasteiger partial charge in [-0.3, -0.25) is 4.68 Å². The standard InChI is InChI=1S/C16H25N5S.HI/c1-6-17-16(20(4)10-14-7-8-22-11-14)18-9-15-12(2)19-21(5)13(15)3;/h7-8,11H,6,9-10H2,1-5H3,(H,17,18);1H. The van der Waals surface area contributed by atoms with Gasteiger partial charge in [-0.15, -0.1) is 24.0 Å². The van der Waals surface area contributed by atoms with Crippen LogP contribution in [0.25, 0.3) is 0 Å². The largest absolute Gasteiger partial charge is 0.357 e. The van der Waals surface area contributed by atoms with E-state index in [0.717, 1.165) is 24.7 Å². The fourth-order valence-electron chi connectivity index (χ4n) is 2.40. The molecule has 0 atom stereocenters. The first kappa shape index (κ1) is 20.0. The van der Waals surface area contributed by atoms with Gasteiger partial charge in [-0.25, -0.2) is 4.99 Å². The van der Waals surface area contributed by atoms with E-state index in [2.05, 4.69) is 53.0 Å². The summed E-state index contributed by atoms with van der Waals surface area (Å²) in [6, 6.07) is 2.15. The molecule has 2 aromatic rings. The Balaban J connectivity index is 0.00000264. The van der Waals surface area contributed by atoms with E-state index in [-0.39, 0.29) is 24.0 Å². The van der Waals surface area contributed by atoms with Crippen molar-refractivity contribution in [2.45, 2.75) is 33.9 Å². The highest BCUT2D eigenvalue weighted by atomic mass is 127. The van der Waals surface area contributed by atoms with Crippen LogP contribution < -0.4 is 5.32 Å². The molecule has 2 heterocycles. The van der Waals surface area contributed by atoms with Crippen molar-refractivity contribution in [3.8, 4) is 0 Å². The molecule has 0 bridgehead atoms. The molecule has 0 radical (unpaired) electrons. The van der Waals surface area contributed by atoms with Gasteiger partial charge in [-0.2, -0.15) is 16.4 Å². The minimum atomic E-state index is 0. The highest BCUT2D eigenvalue weighted by Gasteiger charge is 2.11. The van der Waals surface area contributed by atoms with E-state index in [4.69, 9.17) is 4.99 Å². The summed E-state index contributed by atoms with van der Waals surface area (Å²) in [5.74, 6) is 0.927. The number of rotatable bonds is 5. The number of nitrogens with zero attached hydrogens (tertiary/aromatic N) is 4.